The lowest BCUT2D eigenvalue weighted by Crippen LogP contribution is -2.47. The van der Waals surface area contributed by atoms with Gasteiger partial charge in [-0.25, -0.2) is 0 Å². The van der Waals surface area contributed by atoms with E-state index >= 15 is 0 Å². The van der Waals surface area contributed by atoms with Crippen LogP contribution in [-0.2, 0) is 15.6 Å². The Hall–Kier alpha value is -1.10. The van der Waals surface area contributed by atoms with Gasteiger partial charge in [0.25, 0.3) is 0 Å². The van der Waals surface area contributed by atoms with Crippen molar-refractivity contribution in [2.75, 3.05) is 7.11 Å². The average molecular weight is 391 g/mol. The van der Waals surface area contributed by atoms with Crippen LogP contribution in [0, 0.1) is 0 Å². The zero-order valence-corrected chi connectivity index (χ0v) is 19.1. The lowest BCUT2D eigenvalue weighted by Gasteiger charge is -2.40. The maximum absolute atomic E-state index is 6.77. The van der Waals surface area contributed by atoms with Crippen LogP contribution in [0.15, 0.2) is 36.9 Å². The van der Waals surface area contributed by atoms with E-state index in [4.69, 9.17) is 13.9 Å². The van der Waals surface area contributed by atoms with Crippen molar-refractivity contribution >= 4 is 8.32 Å². The molecule has 0 N–H and O–H groups in total. The summed E-state index contributed by atoms with van der Waals surface area (Å²) < 4.78 is 18.6. The molecule has 0 amide bonds. The molecule has 4 heteroatoms. The molecule has 0 unspecified atom stereocenters. The summed E-state index contributed by atoms with van der Waals surface area (Å²) in [4.78, 5) is 0. The average Bonchev–Trinajstić information content (AvgIpc) is 3.06. The minimum absolute atomic E-state index is 0.166. The Labute approximate surface area is 167 Å². The second-order valence-corrected chi connectivity index (χ2v) is 14.0. The van der Waals surface area contributed by atoms with Crippen molar-refractivity contribution in [3.63, 3.8) is 0 Å². The van der Waals surface area contributed by atoms with Crippen LogP contribution in [-0.4, -0.2) is 33.7 Å². The smallest absolute Gasteiger partial charge is 0.192 e. The fourth-order valence-corrected chi connectivity index (χ4v) is 4.76. The molecule has 3 nitrogen and oxygen atoms in total. The normalized spacial score (nSPS) is 21.9. The predicted octanol–water partition coefficient (Wildman–Crippen LogP) is 6.14. The van der Waals surface area contributed by atoms with Gasteiger partial charge >= 0.3 is 0 Å². The van der Waals surface area contributed by atoms with Crippen molar-refractivity contribution < 1.29 is 13.9 Å². The monoisotopic (exact) mass is 390 g/mol. The van der Waals surface area contributed by atoms with Gasteiger partial charge in [-0.1, -0.05) is 39.0 Å². The molecule has 1 fully saturated rings. The highest BCUT2D eigenvalue weighted by molar-refractivity contribution is 6.74. The summed E-state index contributed by atoms with van der Waals surface area (Å²) in [7, 11) is -0.113. The summed E-state index contributed by atoms with van der Waals surface area (Å²) in [6.45, 7) is 15.4. The second-order valence-electron chi connectivity index (χ2n) is 9.21. The van der Waals surface area contributed by atoms with Crippen LogP contribution in [0.1, 0.15) is 52.0 Å². The molecule has 0 saturated carbocycles. The van der Waals surface area contributed by atoms with E-state index < -0.39 is 8.32 Å². The highest BCUT2D eigenvalue weighted by atomic mass is 28.4. The highest BCUT2D eigenvalue weighted by Gasteiger charge is 2.42. The molecular weight excluding hydrogens is 352 g/mol. The molecule has 0 spiro atoms. The van der Waals surface area contributed by atoms with Crippen LogP contribution < -0.4 is 4.74 Å². The molecule has 1 saturated heterocycles. The van der Waals surface area contributed by atoms with Gasteiger partial charge in [-0.2, -0.15) is 0 Å². The molecule has 1 aromatic rings. The van der Waals surface area contributed by atoms with Gasteiger partial charge in [0.15, 0.2) is 8.32 Å². The number of hydrogen-bond donors (Lipinski definition) is 0. The zero-order valence-electron chi connectivity index (χ0n) is 18.1. The van der Waals surface area contributed by atoms with Gasteiger partial charge in [-0.3, -0.25) is 0 Å². The van der Waals surface area contributed by atoms with Crippen LogP contribution in [0.25, 0.3) is 0 Å². The Bertz CT molecular complexity index is 606. The first-order valence-electron chi connectivity index (χ1n) is 10.2. The molecule has 1 heterocycles. The minimum atomic E-state index is -1.82. The van der Waals surface area contributed by atoms with Crippen LogP contribution in [0.3, 0.4) is 0 Å². The van der Waals surface area contributed by atoms with Gasteiger partial charge in [0.1, 0.15) is 5.75 Å². The van der Waals surface area contributed by atoms with E-state index in [-0.39, 0.29) is 23.4 Å². The molecule has 152 valence electrons. The van der Waals surface area contributed by atoms with Crippen molar-refractivity contribution in [2.24, 2.45) is 0 Å². The predicted molar refractivity (Wildman–Crippen MR) is 116 cm³/mol. The summed E-state index contributed by atoms with van der Waals surface area (Å²) in [5.74, 6) is 0.909. The van der Waals surface area contributed by atoms with Crippen LogP contribution >= 0.6 is 0 Å². The van der Waals surface area contributed by atoms with Crippen molar-refractivity contribution in [3.8, 4) is 5.75 Å². The summed E-state index contributed by atoms with van der Waals surface area (Å²) in [6, 6.07) is 8.30. The van der Waals surface area contributed by atoms with Crippen molar-refractivity contribution in [1.82, 2.24) is 0 Å². The first kappa shape index (κ1) is 22.2. The van der Waals surface area contributed by atoms with Gasteiger partial charge in [0.05, 0.1) is 25.4 Å². The Morgan fingerprint density at radius 1 is 1.30 bits per heavy atom. The molecule has 1 aliphatic heterocycles. The maximum Gasteiger partial charge on any atom is 0.192 e. The topological polar surface area (TPSA) is 27.7 Å². The quantitative estimate of drug-likeness (QED) is 0.374. The highest BCUT2D eigenvalue weighted by Crippen LogP contribution is 2.39. The number of ether oxygens (including phenoxy) is 2. The molecule has 0 aromatic heterocycles. The van der Waals surface area contributed by atoms with Crippen molar-refractivity contribution in [2.45, 2.75) is 89.3 Å². The van der Waals surface area contributed by atoms with Crippen LogP contribution in [0.5, 0.6) is 5.75 Å². The standard InChI is InChI=1S/C23H38O3Si/c1-8-9-13-22(26-27(6,7)23(2,3)4)21-15-14-20(25-21)17-18-11-10-12-19(16-18)24-5/h8,10-12,16,20-22H,1,9,13-15,17H2,2-7H3/t20-,21-,22-/m1/s1. The first-order chi connectivity index (χ1) is 12.7. The molecule has 0 bridgehead atoms. The number of methoxy groups -OCH3 is 1. The van der Waals surface area contributed by atoms with E-state index in [2.05, 4.69) is 52.6 Å². The van der Waals surface area contributed by atoms with E-state index in [1.54, 1.807) is 7.11 Å². The SMILES string of the molecule is C=CCC[C@@H](O[Si](C)(C)C(C)(C)C)[C@H]1CC[C@H](Cc2cccc(OC)c2)O1. The maximum atomic E-state index is 6.77. The van der Waals surface area contributed by atoms with E-state index in [9.17, 15) is 0 Å². The molecule has 2 rings (SSSR count). The van der Waals surface area contributed by atoms with Gasteiger partial charge in [-0.15, -0.1) is 6.58 Å². The summed E-state index contributed by atoms with van der Waals surface area (Å²) >= 11 is 0. The molecular formula is C23H38O3Si. The van der Waals surface area contributed by atoms with E-state index in [0.717, 1.165) is 37.9 Å². The summed E-state index contributed by atoms with van der Waals surface area (Å²) in [5.41, 5.74) is 1.27. The Kier molecular flexibility index (Phi) is 7.72. The first-order valence-corrected chi connectivity index (χ1v) is 13.1. The number of hydrogen-bond acceptors (Lipinski definition) is 3. The van der Waals surface area contributed by atoms with Gasteiger partial charge in [0, 0.05) is 0 Å². The number of benzene rings is 1. The van der Waals surface area contributed by atoms with Gasteiger partial charge in [0.2, 0.25) is 0 Å². The third-order valence-corrected chi connectivity index (χ3v) is 10.6. The number of rotatable bonds is 9. The molecule has 3 atom stereocenters. The second kappa shape index (κ2) is 9.40. The van der Waals surface area contributed by atoms with Crippen LogP contribution in [0.4, 0.5) is 0 Å². The summed E-state index contributed by atoms with van der Waals surface area (Å²) in [5, 5.41) is 0.206. The molecule has 0 radical (unpaired) electrons. The van der Waals surface area contributed by atoms with E-state index in [1.807, 2.05) is 18.2 Å². The molecule has 0 aliphatic carbocycles. The third kappa shape index (κ3) is 6.20. The molecule has 1 aromatic carbocycles. The fourth-order valence-electron chi connectivity index (χ4n) is 3.38. The van der Waals surface area contributed by atoms with Crippen LogP contribution in [0.2, 0.25) is 18.1 Å². The van der Waals surface area contributed by atoms with Crippen molar-refractivity contribution in [1.29, 1.82) is 0 Å². The van der Waals surface area contributed by atoms with Crippen molar-refractivity contribution in [3.05, 3.63) is 42.5 Å². The lowest BCUT2D eigenvalue weighted by molar-refractivity contribution is -0.0304. The Balaban J connectivity index is 2.01. The number of allylic oxidation sites excluding steroid dienone is 1. The zero-order chi connectivity index (χ0) is 20.1. The molecule has 1 aliphatic rings. The third-order valence-electron chi connectivity index (χ3n) is 6.06. The van der Waals surface area contributed by atoms with Gasteiger partial charge < -0.3 is 13.9 Å². The lowest BCUT2D eigenvalue weighted by atomic mass is 10.0. The minimum Gasteiger partial charge on any atom is -0.497 e. The van der Waals surface area contributed by atoms with E-state index in [1.165, 1.54) is 5.56 Å². The fraction of sp³-hybridized carbons (Fsp3) is 0.652. The Morgan fingerprint density at radius 2 is 2.04 bits per heavy atom. The van der Waals surface area contributed by atoms with Gasteiger partial charge in [-0.05, 0) is 67.9 Å². The largest absolute Gasteiger partial charge is 0.497 e. The Morgan fingerprint density at radius 3 is 2.67 bits per heavy atom. The van der Waals surface area contributed by atoms with E-state index in [0.29, 0.717) is 0 Å². The summed E-state index contributed by atoms with van der Waals surface area (Å²) in [6.07, 6.45) is 7.67. The molecule has 27 heavy (non-hydrogen) atoms.